The third-order valence-electron chi connectivity index (χ3n) is 2.52. The summed E-state index contributed by atoms with van der Waals surface area (Å²) in [5.74, 6) is -0.0756. The second-order valence-corrected chi connectivity index (χ2v) is 5.37. The van der Waals surface area contributed by atoms with Crippen molar-refractivity contribution in [2.75, 3.05) is 5.32 Å². The minimum Gasteiger partial charge on any atom is -0.320 e. The molecule has 0 saturated carbocycles. The molecule has 0 radical (unpaired) electrons. The highest BCUT2D eigenvalue weighted by atomic mass is 79.9. The van der Waals surface area contributed by atoms with Crippen LogP contribution in [0, 0.1) is 0 Å². The van der Waals surface area contributed by atoms with Crippen LogP contribution in [0.25, 0.3) is 11.6 Å². The van der Waals surface area contributed by atoms with E-state index in [-0.39, 0.29) is 5.91 Å². The van der Waals surface area contributed by atoms with Gasteiger partial charge in [0.15, 0.2) is 0 Å². The number of nitrogens with one attached hydrogen (secondary N) is 1. The van der Waals surface area contributed by atoms with E-state index in [1.54, 1.807) is 23.7 Å². The van der Waals surface area contributed by atoms with E-state index in [1.165, 1.54) is 0 Å². The summed E-state index contributed by atoms with van der Waals surface area (Å²) < 4.78 is 1.00. The van der Waals surface area contributed by atoms with Crippen LogP contribution < -0.4 is 5.32 Å². The molecule has 0 aliphatic carbocycles. The largest absolute Gasteiger partial charge is 0.320 e. The minimum absolute atomic E-state index is 0.0756. The first-order valence-corrected chi connectivity index (χ1v) is 6.63. The molecular formula is C12H7BrN2OS. The van der Waals surface area contributed by atoms with Crippen LogP contribution in [0.3, 0.4) is 0 Å². The van der Waals surface area contributed by atoms with Crippen LogP contribution >= 0.6 is 27.3 Å². The number of carbonyl (C=O) groups excluding carboxylic acids is 1. The number of nitrogens with zero attached hydrogens (tertiary/aromatic N) is 1. The van der Waals surface area contributed by atoms with Crippen molar-refractivity contribution in [3.05, 3.63) is 44.8 Å². The molecule has 17 heavy (non-hydrogen) atoms. The van der Waals surface area contributed by atoms with Gasteiger partial charge >= 0.3 is 0 Å². The van der Waals surface area contributed by atoms with Gasteiger partial charge in [-0.1, -0.05) is 0 Å². The molecule has 1 N–H and O–H groups in total. The summed E-state index contributed by atoms with van der Waals surface area (Å²) in [7, 11) is 0. The maximum Gasteiger partial charge on any atom is 0.256 e. The van der Waals surface area contributed by atoms with Crippen molar-refractivity contribution in [2.24, 2.45) is 0 Å². The highest BCUT2D eigenvalue weighted by Gasteiger charge is 2.24. The Morgan fingerprint density at radius 2 is 2.29 bits per heavy atom. The second-order valence-electron chi connectivity index (χ2n) is 3.57. The van der Waals surface area contributed by atoms with E-state index in [4.69, 9.17) is 0 Å². The van der Waals surface area contributed by atoms with Gasteiger partial charge in [-0.15, -0.1) is 11.3 Å². The molecule has 2 aromatic heterocycles. The number of carbonyl (C=O) groups is 1. The van der Waals surface area contributed by atoms with Gasteiger partial charge in [-0.3, -0.25) is 9.78 Å². The van der Waals surface area contributed by atoms with Gasteiger partial charge in [0.25, 0.3) is 5.91 Å². The zero-order chi connectivity index (χ0) is 11.8. The van der Waals surface area contributed by atoms with Crippen molar-refractivity contribution >= 4 is 50.5 Å². The monoisotopic (exact) mass is 306 g/mol. The fourth-order valence-electron chi connectivity index (χ4n) is 1.72. The molecule has 0 bridgehead atoms. The Labute approximate surface area is 110 Å². The van der Waals surface area contributed by atoms with Crippen LogP contribution in [0.15, 0.2) is 34.4 Å². The van der Waals surface area contributed by atoms with E-state index < -0.39 is 0 Å². The molecule has 1 aliphatic heterocycles. The molecule has 0 saturated heterocycles. The first-order valence-electron chi connectivity index (χ1n) is 4.96. The minimum atomic E-state index is -0.0756. The lowest BCUT2D eigenvalue weighted by Gasteiger charge is -1.96. The lowest BCUT2D eigenvalue weighted by Crippen LogP contribution is -2.03. The summed E-state index contributed by atoms with van der Waals surface area (Å²) in [5, 5.41) is 4.78. The summed E-state index contributed by atoms with van der Waals surface area (Å²) >= 11 is 5.05. The zero-order valence-electron chi connectivity index (χ0n) is 8.61. The fourth-order valence-corrected chi connectivity index (χ4v) is 3.14. The highest BCUT2D eigenvalue weighted by molar-refractivity contribution is 9.10. The van der Waals surface area contributed by atoms with E-state index >= 15 is 0 Å². The molecular weight excluding hydrogens is 300 g/mol. The summed E-state index contributed by atoms with van der Waals surface area (Å²) in [4.78, 5) is 16.9. The first-order chi connectivity index (χ1) is 8.25. The number of fused-ring (bicyclic) bond motifs is 1. The number of hydrogen-bond donors (Lipinski definition) is 1. The van der Waals surface area contributed by atoms with Crippen molar-refractivity contribution in [2.45, 2.75) is 0 Å². The topological polar surface area (TPSA) is 42.0 Å². The lowest BCUT2D eigenvalue weighted by molar-refractivity contribution is -0.110. The van der Waals surface area contributed by atoms with E-state index in [9.17, 15) is 4.79 Å². The van der Waals surface area contributed by atoms with Crippen molar-refractivity contribution < 1.29 is 4.79 Å². The van der Waals surface area contributed by atoms with E-state index in [2.05, 4.69) is 26.2 Å². The molecule has 1 amide bonds. The predicted molar refractivity (Wildman–Crippen MR) is 72.8 cm³/mol. The number of rotatable bonds is 1. The lowest BCUT2D eigenvalue weighted by atomic mass is 10.1. The number of amides is 1. The summed E-state index contributed by atoms with van der Waals surface area (Å²) in [5.41, 5.74) is 2.37. The van der Waals surface area contributed by atoms with Gasteiger partial charge in [0, 0.05) is 21.1 Å². The number of hydrogen-bond acceptors (Lipinski definition) is 3. The van der Waals surface area contributed by atoms with Crippen LogP contribution in [0.5, 0.6) is 0 Å². The Kier molecular flexibility index (Phi) is 2.57. The second kappa shape index (κ2) is 4.09. The standard InChI is InChI=1S/C12H7BrN2OS/c13-9-2-4-17-11(9)5-8-7-1-3-14-6-10(7)15-12(8)16/h1-6H,(H,15,16). The van der Waals surface area contributed by atoms with Gasteiger partial charge in [-0.2, -0.15) is 0 Å². The van der Waals surface area contributed by atoms with Gasteiger partial charge in [0.2, 0.25) is 0 Å². The first kappa shape index (κ1) is 10.7. The van der Waals surface area contributed by atoms with Gasteiger partial charge in [-0.05, 0) is 39.5 Å². The number of anilines is 1. The number of aromatic nitrogens is 1. The maximum atomic E-state index is 11.9. The normalized spacial score (nSPS) is 16.1. The summed E-state index contributed by atoms with van der Waals surface area (Å²) in [6.07, 6.45) is 5.25. The molecule has 3 rings (SSSR count). The van der Waals surface area contributed by atoms with Gasteiger partial charge in [-0.25, -0.2) is 0 Å². The van der Waals surface area contributed by atoms with Crippen LogP contribution in [0.4, 0.5) is 5.69 Å². The van der Waals surface area contributed by atoms with E-state index in [0.717, 1.165) is 20.6 Å². The molecule has 3 heterocycles. The quantitative estimate of drug-likeness (QED) is 0.821. The third-order valence-corrected chi connectivity index (χ3v) is 4.34. The van der Waals surface area contributed by atoms with Gasteiger partial charge in [0.1, 0.15) is 0 Å². The molecule has 0 spiro atoms. The van der Waals surface area contributed by atoms with Crippen LogP contribution in [-0.4, -0.2) is 10.9 Å². The average Bonchev–Trinajstić information content (AvgIpc) is 2.85. The SMILES string of the molecule is O=C1Nc2cnccc2C1=Cc1sccc1Br. The van der Waals surface area contributed by atoms with Crippen LogP contribution in [-0.2, 0) is 4.79 Å². The van der Waals surface area contributed by atoms with Gasteiger partial charge in [0.05, 0.1) is 17.5 Å². The number of pyridine rings is 1. The maximum absolute atomic E-state index is 11.9. The Morgan fingerprint density at radius 1 is 1.41 bits per heavy atom. The van der Waals surface area contributed by atoms with Crippen molar-refractivity contribution in [1.82, 2.24) is 4.98 Å². The zero-order valence-corrected chi connectivity index (χ0v) is 11.0. The Hall–Kier alpha value is -1.46. The average molecular weight is 307 g/mol. The van der Waals surface area contributed by atoms with Crippen LogP contribution in [0.1, 0.15) is 10.4 Å². The number of thiophene rings is 1. The molecule has 1 aliphatic rings. The molecule has 0 unspecified atom stereocenters. The Balaban J connectivity index is 2.13. The van der Waals surface area contributed by atoms with Crippen LogP contribution in [0.2, 0.25) is 0 Å². The Bertz CT molecular complexity index is 633. The van der Waals surface area contributed by atoms with Crippen molar-refractivity contribution in [3.63, 3.8) is 0 Å². The van der Waals surface area contributed by atoms with Gasteiger partial charge < -0.3 is 5.32 Å². The fraction of sp³-hybridized carbons (Fsp3) is 0. The van der Waals surface area contributed by atoms with Crippen molar-refractivity contribution in [3.8, 4) is 0 Å². The molecule has 0 fully saturated rings. The highest BCUT2D eigenvalue weighted by Crippen LogP contribution is 2.34. The molecule has 84 valence electrons. The summed E-state index contributed by atoms with van der Waals surface area (Å²) in [6, 6.07) is 3.82. The summed E-state index contributed by atoms with van der Waals surface area (Å²) in [6.45, 7) is 0. The Morgan fingerprint density at radius 3 is 3.06 bits per heavy atom. The molecule has 0 atom stereocenters. The van der Waals surface area contributed by atoms with E-state index in [1.807, 2.05) is 23.6 Å². The molecule has 0 aromatic carbocycles. The molecule has 3 nitrogen and oxygen atoms in total. The molecule has 2 aromatic rings. The predicted octanol–water partition coefficient (Wildman–Crippen LogP) is 3.40. The van der Waals surface area contributed by atoms with E-state index in [0.29, 0.717) is 5.57 Å². The third kappa shape index (κ3) is 1.81. The molecule has 5 heteroatoms. The number of halogens is 1. The van der Waals surface area contributed by atoms with Crippen molar-refractivity contribution in [1.29, 1.82) is 0 Å². The smallest absolute Gasteiger partial charge is 0.256 e.